The van der Waals surface area contributed by atoms with Gasteiger partial charge < -0.3 is 11.1 Å². The van der Waals surface area contributed by atoms with E-state index >= 15 is 0 Å². The molecule has 42 heavy (non-hydrogen) atoms. The van der Waals surface area contributed by atoms with Crippen LogP contribution in [-0.2, 0) is 16.6 Å². The number of fused-ring (bicyclic) bond motifs is 1. The molecule has 10 nitrogen and oxygen atoms in total. The maximum atomic E-state index is 12.6. The number of rotatable bonds is 7. The van der Waals surface area contributed by atoms with Crippen LogP contribution < -0.4 is 16.2 Å². The van der Waals surface area contributed by atoms with Gasteiger partial charge in [-0.25, -0.2) is 28.5 Å². The summed E-state index contributed by atoms with van der Waals surface area (Å²) in [5, 5.41) is 7.98. The first-order chi connectivity index (χ1) is 20.3. The molecule has 3 aromatic heterocycles. The lowest BCUT2D eigenvalue weighted by Crippen LogP contribution is -2.23. The quantitative estimate of drug-likeness (QED) is 0.256. The van der Waals surface area contributed by atoms with Crippen molar-refractivity contribution in [2.75, 3.05) is 5.73 Å². The summed E-state index contributed by atoms with van der Waals surface area (Å²) in [6.07, 6.45) is 1.63. The van der Waals surface area contributed by atoms with Crippen LogP contribution in [0.4, 0.5) is 5.82 Å². The van der Waals surface area contributed by atoms with E-state index in [4.69, 9.17) is 20.8 Å². The fourth-order valence-electron chi connectivity index (χ4n) is 4.60. The number of sulfonamides is 1. The van der Waals surface area contributed by atoms with E-state index in [2.05, 4.69) is 10.3 Å². The molecule has 11 heteroatoms. The predicted molar refractivity (Wildman–Crippen MR) is 161 cm³/mol. The van der Waals surface area contributed by atoms with Gasteiger partial charge >= 0.3 is 0 Å². The van der Waals surface area contributed by atoms with Crippen LogP contribution in [0.25, 0.3) is 39.5 Å². The van der Waals surface area contributed by atoms with Gasteiger partial charge in [-0.3, -0.25) is 9.36 Å². The molecule has 208 valence electrons. The van der Waals surface area contributed by atoms with Crippen molar-refractivity contribution in [1.29, 1.82) is 0 Å². The number of hydrogen-bond donors (Lipinski definition) is 3. The van der Waals surface area contributed by atoms with Crippen molar-refractivity contribution in [3.8, 4) is 28.3 Å². The zero-order valence-corrected chi connectivity index (χ0v) is 23.0. The molecule has 0 aliphatic carbocycles. The van der Waals surface area contributed by atoms with Gasteiger partial charge in [0.2, 0.25) is 10.0 Å². The molecule has 0 aliphatic rings. The van der Waals surface area contributed by atoms with Gasteiger partial charge in [-0.2, -0.15) is 0 Å². The van der Waals surface area contributed by atoms with Crippen molar-refractivity contribution in [3.63, 3.8) is 0 Å². The molecule has 0 atom stereocenters. The summed E-state index contributed by atoms with van der Waals surface area (Å²) < 4.78 is 24.9. The molecule has 0 radical (unpaired) electrons. The minimum atomic E-state index is -3.83. The fraction of sp³-hybridized carbons (Fsp3) is 0.0323. The largest absolute Gasteiger partial charge is 0.383 e. The molecule has 0 aliphatic heterocycles. The molecule has 6 rings (SSSR count). The summed E-state index contributed by atoms with van der Waals surface area (Å²) >= 11 is 0. The predicted octanol–water partition coefficient (Wildman–Crippen LogP) is 4.31. The van der Waals surface area contributed by atoms with Crippen LogP contribution in [0.5, 0.6) is 0 Å². The number of aromatic nitrogens is 4. The van der Waals surface area contributed by atoms with Crippen molar-refractivity contribution in [2.24, 2.45) is 5.14 Å². The molecular weight excluding hydrogens is 550 g/mol. The lowest BCUT2D eigenvalue weighted by Gasteiger charge is -2.12. The molecule has 0 saturated carbocycles. The molecule has 0 saturated heterocycles. The number of anilines is 1. The fourth-order valence-corrected chi connectivity index (χ4v) is 5.12. The number of benzene rings is 3. The first-order valence-electron chi connectivity index (χ1n) is 12.9. The van der Waals surface area contributed by atoms with Gasteiger partial charge in [-0.05, 0) is 66.2 Å². The Labute approximate surface area is 241 Å². The molecular formula is C31H25N7O3S. The average Bonchev–Trinajstić information content (AvgIpc) is 3.39. The number of amides is 1. The summed E-state index contributed by atoms with van der Waals surface area (Å²) in [5.41, 5.74) is 12.1. The van der Waals surface area contributed by atoms with Gasteiger partial charge in [-0.1, -0.05) is 42.5 Å². The molecule has 3 aromatic carbocycles. The van der Waals surface area contributed by atoms with Crippen LogP contribution in [0.2, 0.25) is 0 Å². The zero-order valence-electron chi connectivity index (χ0n) is 22.2. The highest BCUT2D eigenvalue weighted by atomic mass is 32.2. The van der Waals surface area contributed by atoms with Crippen LogP contribution in [0.3, 0.4) is 0 Å². The first kappa shape index (κ1) is 26.8. The van der Waals surface area contributed by atoms with Crippen LogP contribution in [0.15, 0.2) is 114 Å². The Balaban J connectivity index is 1.32. The topological polar surface area (TPSA) is 159 Å². The molecule has 0 fully saturated rings. The van der Waals surface area contributed by atoms with Crippen molar-refractivity contribution in [3.05, 3.63) is 120 Å². The highest BCUT2D eigenvalue weighted by Crippen LogP contribution is 2.31. The van der Waals surface area contributed by atoms with E-state index in [1.54, 1.807) is 6.20 Å². The molecule has 5 N–H and O–H groups in total. The number of nitrogens with two attached hydrogens (primary N) is 2. The standard InChI is InChI=1S/C31H25N7O3S/c32-28-25(7-4-18-34-28)29-37-27-17-16-26(21-5-2-1-3-6-21)36-30(27)38(29)23-12-8-20(9-13-23)19-35-31(39)22-10-14-24(15-11-22)42(33,40)41/h1-18H,19H2,(H2,32,34)(H,35,39)(H2,33,40,41). The van der Waals surface area contributed by atoms with Gasteiger partial charge in [0, 0.05) is 29.6 Å². The van der Waals surface area contributed by atoms with Gasteiger partial charge in [0.1, 0.15) is 11.3 Å². The number of nitrogen functional groups attached to an aromatic ring is 1. The number of carbonyl (C=O) groups excluding carboxylic acids is 1. The molecule has 3 heterocycles. The molecule has 0 unspecified atom stereocenters. The van der Waals surface area contributed by atoms with E-state index < -0.39 is 10.0 Å². The zero-order chi connectivity index (χ0) is 29.3. The van der Waals surface area contributed by atoms with E-state index in [1.165, 1.54) is 24.3 Å². The molecule has 1 amide bonds. The van der Waals surface area contributed by atoms with E-state index in [9.17, 15) is 13.2 Å². The SMILES string of the molecule is Nc1ncccc1-c1nc2ccc(-c3ccccc3)nc2n1-c1ccc(CNC(=O)c2ccc(S(N)(=O)=O)cc2)cc1. The minimum absolute atomic E-state index is 0.0561. The Morgan fingerprint density at radius 1 is 0.833 bits per heavy atom. The molecule has 0 spiro atoms. The molecule has 0 bridgehead atoms. The Kier molecular flexibility index (Phi) is 6.95. The average molecular weight is 576 g/mol. The van der Waals surface area contributed by atoms with Gasteiger partial charge in [0.15, 0.2) is 11.5 Å². The van der Waals surface area contributed by atoms with Gasteiger partial charge in [0.25, 0.3) is 5.91 Å². The highest BCUT2D eigenvalue weighted by Gasteiger charge is 2.19. The van der Waals surface area contributed by atoms with Crippen LogP contribution in [0, 0.1) is 0 Å². The summed E-state index contributed by atoms with van der Waals surface area (Å²) in [5.74, 6) is 0.624. The number of hydrogen-bond acceptors (Lipinski definition) is 7. The second-order valence-electron chi connectivity index (χ2n) is 9.53. The van der Waals surface area contributed by atoms with Crippen LogP contribution in [0.1, 0.15) is 15.9 Å². The third-order valence-corrected chi connectivity index (χ3v) is 7.68. The third kappa shape index (κ3) is 5.33. The van der Waals surface area contributed by atoms with Crippen molar-refractivity contribution < 1.29 is 13.2 Å². The number of imidazole rings is 1. The highest BCUT2D eigenvalue weighted by molar-refractivity contribution is 7.89. The maximum absolute atomic E-state index is 12.6. The monoisotopic (exact) mass is 575 g/mol. The van der Waals surface area contributed by atoms with Crippen molar-refractivity contribution >= 4 is 32.9 Å². The third-order valence-electron chi connectivity index (χ3n) is 6.75. The summed E-state index contributed by atoms with van der Waals surface area (Å²) in [4.78, 5) is 26.7. The normalized spacial score (nSPS) is 11.5. The summed E-state index contributed by atoms with van der Waals surface area (Å²) in [7, 11) is -3.83. The van der Waals surface area contributed by atoms with E-state index in [-0.39, 0.29) is 17.3 Å². The number of nitrogens with one attached hydrogen (secondary N) is 1. The smallest absolute Gasteiger partial charge is 0.251 e. The van der Waals surface area contributed by atoms with Crippen molar-refractivity contribution in [2.45, 2.75) is 11.4 Å². The Morgan fingerprint density at radius 3 is 2.26 bits per heavy atom. The van der Waals surface area contributed by atoms with Gasteiger partial charge in [-0.15, -0.1) is 0 Å². The van der Waals surface area contributed by atoms with Gasteiger partial charge in [0.05, 0.1) is 16.2 Å². The lowest BCUT2D eigenvalue weighted by molar-refractivity contribution is 0.0951. The summed E-state index contributed by atoms with van der Waals surface area (Å²) in [6.45, 7) is 0.263. The first-order valence-corrected chi connectivity index (χ1v) is 14.5. The number of nitrogens with zero attached hydrogens (tertiary/aromatic N) is 4. The van der Waals surface area contributed by atoms with E-state index in [1.807, 2.05) is 83.4 Å². The number of pyridine rings is 2. The Bertz CT molecular complexity index is 2020. The Morgan fingerprint density at radius 2 is 1.57 bits per heavy atom. The van der Waals surface area contributed by atoms with E-state index in [0.717, 1.165) is 22.5 Å². The van der Waals surface area contributed by atoms with Crippen molar-refractivity contribution in [1.82, 2.24) is 24.8 Å². The molecule has 6 aromatic rings. The lowest BCUT2D eigenvalue weighted by atomic mass is 10.1. The second kappa shape index (κ2) is 10.9. The number of carbonyl (C=O) groups is 1. The minimum Gasteiger partial charge on any atom is -0.383 e. The van der Waals surface area contributed by atoms with Crippen LogP contribution >= 0.6 is 0 Å². The Hall–Kier alpha value is -5.39. The van der Waals surface area contributed by atoms with Crippen LogP contribution in [-0.4, -0.2) is 33.8 Å². The second-order valence-corrected chi connectivity index (χ2v) is 11.1. The summed E-state index contributed by atoms with van der Waals surface area (Å²) in [6, 6.07) is 30.6. The number of primary sulfonamides is 1. The van der Waals surface area contributed by atoms with E-state index in [0.29, 0.717) is 33.9 Å². The maximum Gasteiger partial charge on any atom is 0.251 e.